The van der Waals surface area contributed by atoms with Crippen LogP contribution < -0.4 is 11.2 Å². The maximum absolute atomic E-state index is 11.9. The zero-order chi connectivity index (χ0) is 15.7. The third-order valence-corrected chi connectivity index (χ3v) is 3.66. The Balaban J connectivity index is 2.48. The van der Waals surface area contributed by atoms with Crippen molar-refractivity contribution < 1.29 is 9.72 Å². The van der Waals surface area contributed by atoms with E-state index in [1.165, 1.54) is 24.1 Å². The van der Waals surface area contributed by atoms with Crippen molar-refractivity contribution >= 4 is 28.8 Å². The molecule has 7 nitrogen and oxygen atoms in total. The highest BCUT2D eigenvalue weighted by molar-refractivity contribution is 7.80. The molecule has 1 atom stereocenters. The molecule has 0 fully saturated rings. The first-order chi connectivity index (χ1) is 9.82. The van der Waals surface area contributed by atoms with Crippen molar-refractivity contribution in [1.82, 2.24) is 10.3 Å². The van der Waals surface area contributed by atoms with Gasteiger partial charge < -0.3 is 5.32 Å². The van der Waals surface area contributed by atoms with Crippen molar-refractivity contribution in [2.24, 2.45) is 5.84 Å². The van der Waals surface area contributed by atoms with Gasteiger partial charge in [-0.25, -0.2) is 5.84 Å². The fourth-order valence-electron chi connectivity index (χ4n) is 2.25. The van der Waals surface area contributed by atoms with E-state index in [0.717, 1.165) is 0 Å². The van der Waals surface area contributed by atoms with Gasteiger partial charge in [0.2, 0.25) is 0 Å². The van der Waals surface area contributed by atoms with E-state index in [2.05, 4.69) is 5.32 Å². The molecule has 0 saturated heterocycles. The molecular weight excluding hydrogens is 292 g/mol. The normalized spacial score (nSPS) is 18.5. The predicted molar refractivity (Wildman–Crippen MR) is 81.0 cm³/mol. The minimum Gasteiger partial charge on any atom is -0.350 e. The standard InChI is InChI=1S/C13H14N4O3S/c1-7-11(8(2)18)12(15-13(21)16(7)14)9-3-5-10(6-4-9)17(19)20/h3-6,12H,14H2,1-2H3,(H,15,21)/t12-/m0/s1. The molecule has 0 radical (unpaired) electrons. The Morgan fingerprint density at radius 2 is 2.00 bits per heavy atom. The lowest BCUT2D eigenvalue weighted by atomic mass is 9.93. The van der Waals surface area contributed by atoms with Crippen LogP contribution in [0.15, 0.2) is 35.5 Å². The number of ketones is 1. The average molecular weight is 306 g/mol. The van der Waals surface area contributed by atoms with Gasteiger partial charge in [0, 0.05) is 23.4 Å². The van der Waals surface area contributed by atoms with E-state index in [0.29, 0.717) is 21.9 Å². The molecule has 0 bridgehead atoms. The number of nitro benzene ring substituents is 1. The van der Waals surface area contributed by atoms with Crippen molar-refractivity contribution in [3.63, 3.8) is 0 Å². The van der Waals surface area contributed by atoms with Crippen molar-refractivity contribution in [2.75, 3.05) is 0 Å². The van der Waals surface area contributed by atoms with E-state index in [1.807, 2.05) is 0 Å². The zero-order valence-electron chi connectivity index (χ0n) is 11.5. The van der Waals surface area contributed by atoms with Gasteiger partial charge in [0.25, 0.3) is 5.69 Å². The molecule has 1 aliphatic rings. The van der Waals surface area contributed by atoms with E-state index in [4.69, 9.17) is 18.1 Å². The minimum absolute atomic E-state index is 0.0114. The topological polar surface area (TPSA) is 102 Å². The molecule has 1 aromatic rings. The number of allylic oxidation sites excluding steroid dienone is 1. The third-order valence-electron chi connectivity index (χ3n) is 3.34. The fraction of sp³-hybridized carbons (Fsp3) is 0.231. The SMILES string of the molecule is CC(=O)C1=C(C)N(N)C(=S)N[C@H]1c1ccc([N+](=O)[O-])cc1. The number of non-ortho nitro benzene ring substituents is 1. The average Bonchev–Trinajstić information content (AvgIpc) is 2.44. The number of thiocarbonyl (C=S) groups is 1. The molecule has 8 heteroatoms. The predicted octanol–water partition coefficient (Wildman–Crippen LogP) is 1.56. The van der Waals surface area contributed by atoms with Gasteiger partial charge in [0.1, 0.15) is 0 Å². The first kappa shape index (κ1) is 15.1. The summed E-state index contributed by atoms with van der Waals surface area (Å²) in [5.41, 5.74) is 1.75. The van der Waals surface area contributed by atoms with Crippen LogP contribution in [0.2, 0.25) is 0 Å². The maximum Gasteiger partial charge on any atom is 0.269 e. The van der Waals surface area contributed by atoms with Gasteiger partial charge in [-0.3, -0.25) is 19.9 Å². The first-order valence-corrected chi connectivity index (χ1v) is 6.55. The van der Waals surface area contributed by atoms with Gasteiger partial charge in [-0.05, 0) is 43.8 Å². The molecular formula is C13H14N4O3S. The van der Waals surface area contributed by atoms with E-state index in [9.17, 15) is 14.9 Å². The van der Waals surface area contributed by atoms with Gasteiger partial charge in [-0.15, -0.1) is 0 Å². The number of nitro groups is 1. The minimum atomic E-state index is -0.475. The summed E-state index contributed by atoms with van der Waals surface area (Å²) in [6, 6.07) is 5.52. The highest BCUT2D eigenvalue weighted by atomic mass is 32.1. The summed E-state index contributed by atoms with van der Waals surface area (Å²) in [6.45, 7) is 3.16. The number of benzene rings is 1. The Morgan fingerprint density at radius 3 is 2.48 bits per heavy atom. The van der Waals surface area contributed by atoms with E-state index in [-0.39, 0.29) is 11.5 Å². The van der Waals surface area contributed by atoms with Crippen LogP contribution in [0.4, 0.5) is 5.69 Å². The molecule has 0 saturated carbocycles. The van der Waals surface area contributed by atoms with E-state index >= 15 is 0 Å². The van der Waals surface area contributed by atoms with Crippen LogP contribution in [-0.2, 0) is 4.79 Å². The van der Waals surface area contributed by atoms with Crippen molar-refractivity contribution in [3.05, 3.63) is 51.2 Å². The maximum atomic E-state index is 11.9. The van der Waals surface area contributed by atoms with Gasteiger partial charge in [-0.1, -0.05) is 0 Å². The second-order valence-electron chi connectivity index (χ2n) is 4.66. The number of nitrogens with one attached hydrogen (secondary N) is 1. The molecule has 3 N–H and O–H groups in total. The number of carbonyl (C=O) groups is 1. The summed E-state index contributed by atoms with van der Waals surface area (Å²) in [6.07, 6.45) is 0. The summed E-state index contributed by atoms with van der Waals surface area (Å²) in [5.74, 6) is 5.65. The van der Waals surface area contributed by atoms with Gasteiger partial charge in [-0.2, -0.15) is 0 Å². The number of carbonyl (C=O) groups excluding carboxylic acids is 1. The first-order valence-electron chi connectivity index (χ1n) is 6.14. The summed E-state index contributed by atoms with van der Waals surface area (Å²) in [4.78, 5) is 22.1. The molecule has 1 heterocycles. The summed E-state index contributed by atoms with van der Waals surface area (Å²) < 4.78 is 0. The Labute approximate surface area is 126 Å². The Hall–Kier alpha value is -2.32. The lowest BCUT2D eigenvalue weighted by molar-refractivity contribution is -0.384. The lowest BCUT2D eigenvalue weighted by Crippen LogP contribution is -2.50. The smallest absolute Gasteiger partial charge is 0.269 e. The largest absolute Gasteiger partial charge is 0.350 e. The Bertz CT molecular complexity index is 654. The number of hydrogen-bond acceptors (Lipinski definition) is 5. The molecule has 0 aliphatic carbocycles. The number of nitrogens with two attached hydrogens (primary N) is 1. The molecule has 21 heavy (non-hydrogen) atoms. The Morgan fingerprint density at radius 1 is 1.43 bits per heavy atom. The molecule has 0 aromatic heterocycles. The zero-order valence-corrected chi connectivity index (χ0v) is 12.3. The molecule has 0 spiro atoms. The van der Waals surface area contributed by atoms with Crippen LogP contribution in [0.25, 0.3) is 0 Å². The summed E-state index contributed by atoms with van der Waals surface area (Å²) in [7, 11) is 0. The van der Waals surface area contributed by atoms with Crippen LogP contribution in [0.5, 0.6) is 0 Å². The fourth-order valence-corrected chi connectivity index (χ4v) is 2.51. The number of hydrazine groups is 1. The second-order valence-corrected chi connectivity index (χ2v) is 5.04. The van der Waals surface area contributed by atoms with Gasteiger partial charge >= 0.3 is 0 Å². The van der Waals surface area contributed by atoms with Gasteiger partial charge in [0.15, 0.2) is 10.9 Å². The number of hydrogen-bond donors (Lipinski definition) is 2. The summed E-state index contributed by atoms with van der Waals surface area (Å²) in [5, 5.41) is 15.2. The monoisotopic (exact) mass is 306 g/mol. The number of Topliss-reactive ketones (excluding diaryl/α,β-unsaturated/α-hetero) is 1. The van der Waals surface area contributed by atoms with Crippen molar-refractivity contribution in [3.8, 4) is 0 Å². The van der Waals surface area contributed by atoms with Crippen molar-refractivity contribution in [2.45, 2.75) is 19.9 Å². The molecule has 1 aliphatic heterocycles. The summed E-state index contributed by atoms with van der Waals surface area (Å²) >= 11 is 5.13. The Kier molecular flexibility index (Phi) is 4.01. The highest BCUT2D eigenvalue weighted by Crippen LogP contribution is 2.30. The number of nitrogens with zero attached hydrogens (tertiary/aromatic N) is 2. The highest BCUT2D eigenvalue weighted by Gasteiger charge is 2.31. The van der Waals surface area contributed by atoms with Gasteiger partial charge in [0.05, 0.1) is 11.0 Å². The third kappa shape index (κ3) is 2.76. The molecule has 2 rings (SSSR count). The van der Waals surface area contributed by atoms with Crippen molar-refractivity contribution in [1.29, 1.82) is 0 Å². The van der Waals surface area contributed by atoms with Crippen LogP contribution in [0.1, 0.15) is 25.5 Å². The van der Waals surface area contributed by atoms with E-state index < -0.39 is 11.0 Å². The molecule has 0 unspecified atom stereocenters. The lowest BCUT2D eigenvalue weighted by Gasteiger charge is -2.34. The van der Waals surface area contributed by atoms with Crippen LogP contribution in [-0.4, -0.2) is 20.8 Å². The van der Waals surface area contributed by atoms with Crippen LogP contribution >= 0.6 is 12.2 Å². The van der Waals surface area contributed by atoms with Crippen LogP contribution in [0, 0.1) is 10.1 Å². The quantitative estimate of drug-likeness (QED) is 0.378. The van der Waals surface area contributed by atoms with Crippen LogP contribution in [0.3, 0.4) is 0 Å². The molecule has 1 aromatic carbocycles. The second kappa shape index (κ2) is 5.58. The molecule has 110 valence electrons. The number of rotatable bonds is 3. The molecule has 0 amide bonds. The van der Waals surface area contributed by atoms with E-state index in [1.54, 1.807) is 19.1 Å².